The number of carbonyl (C=O) groups excluding carboxylic acids is 1. The minimum Gasteiger partial charge on any atom is -0.520 e. The van der Waals surface area contributed by atoms with Crippen LogP contribution in [0, 0.1) is 0 Å². The summed E-state index contributed by atoms with van der Waals surface area (Å²) in [6.45, 7) is 0. The molecule has 0 saturated heterocycles. The van der Waals surface area contributed by atoms with E-state index in [0.29, 0.717) is 5.69 Å². The van der Waals surface area contributed by atoms with Crippen molar-refractivity contribution in [2.24, 2.45) is 7.05 Å². The monoisotopic (exact) mass is 453 g/mol. The van der Waals surface area contributed by atoms with Gasteiger partial charge in [0.15, 0.2) is 0 Å². The zero-order valence-electron chi connectivity index (χ0n) is 7.89. The van der Waals surface area contributed by atoms with Crippen molar-refractivity contribution < 1.29 is 14.7 Å². The van der Waals surface area contributed by atoms with Gasteiger partial charge in [-0.05, 0) is 0 Å². The third kappa shape index (κ3) is 3.17. The van der Waals surface area contributed by atoms with E-state index < -0.39 is 12.0 Å². The number of nitrogens with zero attached hydrogens (tertiary/aromatic N) is 2. The molecule has 1 atom stereocenters. The first-order chi connectivity index (χ1) is 6.63. The molecule has 0 unspecified atom stereocenters. The van der Waals surface area contributed by atoms with Gasteiger partial charge in [0.05, 0.1) is 12.0 Å². The Kier molecular flexibility index (Phi) is 4.05. The van der Waals surface area contributed by atoms with Crippen molar-refractivity contribution in [1.82, 2.24) is 14.9 Å². The molecule has 1 amide bonds. The zero-order chi connectivity index (χ0) is 10.6. The summed E-state index contributed by atoms with van der Waals surface area (Å²) < 4.78 is 1.71. The minimum absolute atomic E-state index is 0. The SMILES string of the molecule is Cn1cnc(C[C@H](N[C-]=O)C(=O)O)c1.[Fm]. The maximum absolute atomic E-state index is 10.6. The molecule has 0 aliphatic rings. The smallest absolute Gasteiger partial charge is 0.323 e. The fraction of sp³-hybridized carbons (Fsp3) is 0.375. The van der Waals surface area contributed by atoms with E-state index in [4.69, 9.17) is 5.11 Å². The van der Waals surface area contributed by atoms with Crippen molar-refractivity contribution in [3.8, 4) is 0 Å². The molecule has 0 aromatic carbocycles. The number of aromatic nitrogens is 2. The predicted molar refractivity (Wildman–Crippen MR) is 47.2 cm³/mol. The summed E-state index contributed by atoms with van der Waals surface area (Å²) >= 11 is 0. The van der Waals surface area contributed by atoms with Crippen molar-refractivity contribution >= 4 is 12.4 Å². The van der Waals surface area contributed by atoms with Gasteiger partial charge in [-0.25, -0.2) is 4.98 Å². The van der Waals surface area contributed by atoms with E-state index in [2.05, 4.69) is 10.3 Å². The number of aryl methyl sites for hydroxylation is 1. The Bertz CT molecular complexity index is 340. The molecule has 1 rings (SSSR count). The van der Waals surface area contributed by atoms with Crippen LogP contribution < -0.4 is 5.32 Å². The molecular formula is C8H10FmN3O3-. The fourth-order valence-electron chi connectivity index (χ4n) is 1.05. The zero-order valence-corrected chi connectivity index (χ0v) is 10.3. The maximum Gasteiger partial charge on any atom is 0.323 e. The van der Waals surface area contributed by atoms with E-state index in [0.717, 1.165) is 0 Å². The Morgan fingerprint density at radius 3 is 2.87 bits per heavy atom. The van der Waals surface area contributed by atoms with Crippen LogP contribution in [0.3, 0.4) is 0 Å². The quantitative estimate of drug-likeness (QED) is 0.446. The molecule has 0 aliphatic heterocycles. The Labute approximate surface area is 80.6 Å². The van der Waals surface area contributed by atoms with Crippen LogP contribution in [-0.2, 0) is 23.1 Å². The summed E-state index contributed by atoms with van der Waals surface area (Å²) in [4.78, 5) is 24.6. The van der Waals surface area contributed by atoms with Crippen LogP contribution >= 0.6 is 0 Å². The van der Waals surface area contributed by atoms with Gasteiger partial charge in [-0.15, -0.1) is 0 Å². The third-order valence-electron chi connectivity index (χ3n) is 1.70. The van der Waals surface area contributed by atoms with Gasteiger partial charge in [0.2, 0.25) is 0 Å². The van der Waals surface area contributed by atoms with Crippen molar-refractivity contribution in [2.75, 3.05) is 0 Å². The van der Waals surface area contributed by atoms with Crippen LogP contribution in [-0.4, -0.2) is 33.1 Å². The number of carboxylic acid groups (broad SMARTS) is 1. The number of aliphatic carboxylic acids is 1. The van der Waals surface area contributed by atoms with E-state index in [1.165, 1.54) is 6.41 Å². The molecule has 6 nitrogen and oxygen atoms in total. The predicted octanol–water partition coefficient (Wildman–Crippen LogP) is -0.927. The van der Waals surface area contributed by atoms with E-state index in [-0.39, 0.29) is 6.42 Å². The van der Waals surface area contributed by atoms with Crippen LogP contribution in [0.25, 0.3) is 0 Å². The second-order valence-corrected chi connectivity index (χ2v) is 2.87. The van der Waals surface area contributed by atoms with Gasteiger partial charge >= 0.3 is 5.97 Å². The molecule has 1 heterocycles. The summed E-state index contributed by atoms with van der Waals surface area (Å²) in [6.07, 6.45) is 4.78. The van der Waals surface area contributed by atoms with E-state index in [9.17, 15) is 9.59 Å². The number of amides is 1. The van der Waals surface area contributed by atoms with E-state index in [1.54, 1.807) is 24.1 Å². The molecule has 0 aliphatic carbocycles. The van der Waals surface area contributed by atoms with Gasteiger partial charge in [0.25, 0.3) is 0 Å². The number of nitrogens with one attached hydrogen (secondary N) is 1. The first-order valence-electron chi connectivity index (χ1n) is 3.96. The third-order valence-corrected chi connectivity index (χ3v) is 1.70. The van der Waals surface area contributed by atoms with Gasteiger partial charge in [0.1, 0.15) is 6.04 Å². The number of hydrogen-bond acceptors (Lipinski definition) is 3. The summed E-state index contributed by atoms with van der Waals surface area (Å²) in [5.74, 6) is -1.10. The molecule has 1 aromatic rings. The van der Waals surface area contributed by atoms with Crippen molar-refractivity contribution in [3.05, 3.63) is 18.2 Å². The Morgan fingerprint density at radius 1 is 1.80 bits per heavy atom. The van der Waals surface area contributed by atoms with Gasteiger partial charge < -0.3 is 19.8 Å². The fourth-order valence-corrected chi connectivity index (χ4v) is 1.05. The number of rotatable bonds is 5. The minimum atomic E-state index is -1.10. The van der Waals surface area contributed by atoms with Crippen LogP contribution in [0.5, 0.6) is 0 Å². The summed E-state index contributed by atoms with van der Waals surface area (Å²) in [7, 11) is 1.78. The molecule has 0 fully saturated rings. The molecule has 88 valence electrons. The topological polar surface area (TPSA) is 84.2 Å². The first-order valence-corrected chi connectivity index (χ1v) is 3.96. The second kappa shape index (κ2) is 5.00. The molecule has 15 heavy (non-hydrogen) atoms. The normalized spacial score (nSPS) is 11.3. The number of carboxylic acids is 1. The molecule has 0 spiro atoms. The molecule has 0 saturated carbocycles. The average molecular weight is 453 g/mol. The van der Waals surface area contributed by atoms with E-state index >= 15 is 0 Å². The molecule has 0 bridgehead atoms. The Morgan fingerprint density at radius 2 is 2.47 bits per heavy atom. The van der Waals surface area contributed by atoms with Gasteiger partial charge in [0, 0.05) is 19.7 Å². The molecule has 2 N–H and O–H groups in total. The van der Waals surface area contributed by atoms with Crippen LogP contribution in [0.2, 0.25) is 0 Å². The van der Waals surface area contributed by atoms with Crippen molar-refractivity contribution in [2.45, 2.75) is 12.5 Å². The van der Waals surface area contributed by atoms with Crippen LogP contribution in [0.1, 0.15) is 5.69 Å². The number of hydrogen-bond donors (Lipinski definition) is 2. The van der Waals surface area contributed by atoms with Crippen molar-refractivity contribution in [3.63, 3.8) is 0 Å². The average Bonchev–Trinajstić information content (AvgIpc) is 2.50. The van der Waals surface area contributed by atoms with Crippen molar-refractivity contribution in [1.29, 1.82) is 0 Å². The molecule has 0 radical (unpaired) electrons. The van der Waals surface area contributed by atoms with Gasteiger partial charge in [-0.2, -0.15) is 6.41 Å². The standard InChI is InChI=1S/C8H10N3O3.Fm/c1-11-3-6(9-4-11)2-7(8(13)14)10-5-12;/h3-4,7H,2H2,1H3,(H,10,12)(H,13,14);/q-1;/t7-;/m0./s1. The first kappa shape index (κ1) is 12.2. The Hall–Kier alpha value is -2.85. The van der Waals surface area contributed by atoms with E-state index in [1.807, 2.05) is 0 Å². The molecule has 1 aromatic heterocycles. The molecule has 7 heteroatoms. The largest absolute Gasteiger partial charge is 0.520 e. The Balaban J connectivity index is 0.00000196. The van der Waals surface area contributed by atoms with Gasteiger partial charge in [-0.1, -0.05) is 0 Å². The van der Waals surface area contributed by atoms with Gasteiger partial charge in [-0.3, -0.25) is 4.79 Å². The summed E-state index contributed by atoms with van der Waals surface area (Å²) in [5.41, 5.74) is 0.614. The van der Waals surface area contributed by atoms with Crippen LogP contribution in [0.4, 0.5) is 0 Å². The second-order valence-electron chi connectivity index (χ2n) is 2.87. The van der Waals surface area contributed by atoms with Crippen LogP contribution in [0.15, 0.2) is 12.5 Å². The number of carbonyl (C=O) groups is 1. The number of imidazole rings is 1. The summed E-state index contributed by atoms with van der Waals surface area (Å²) in [6, 6.07) is -0.970. The maximum atomic E-state index is 10.6. The summed E-state index contributed by atoms with van der Waals surface area (Å²) in [5, 5.41) is 10.8. The molecular weight excluding hydrogens is 443 g/mol.